The molecular formula is C29H28F8N4O5S. The zero-order valence-corrected chi connectivity index (χ0v) is 25.2. The number of benzene rings is 2. The Kier molecular flexibility index (Phi) is 10.5. The van der Waals surface area contributed by atoms with E-state index in [-0.39, 0.29) is 35.1 Å². The molecule has 3 atom stereocenters. The van der Waals surface area contributed by atoms with Gasteiger partial charge in [-0.25, -0.2) is 18.4 Å². The van der Waals surface area contributed by atoms with Gasteiger partial charge in [0, 0.05) is 24.9 Å². The summed E-state index contributed by atoms with van der Waals surface area (Å²) in [5.74, 6) is -1.68. The Hall–Kier alpha value is -3.90. The number of hydrogen-bond donors (Lipinski definition) is 2. The number of carbonyl (C=O) groups excluding carboxylic acids is 1. The summed E-state index contributed by atoms with van der Waals surface area (Å²) >= 11 is 0. The van der Waals surface area contributed by atoms with Crippen LogP contribution in [0.25, 0.3) is 0 Å². The van der Waals surface area contributed by atoms with E-state index in [0.717, 1.165) is 24.5 Å². The number of ether oxygens (including phenoxy) is 1. The van der Waals surface area contributed by atoms with Crippen LogP contribution in [-0.4, -0.2) is 73.2 Å². The van der Waals surface area contributed by atoms with E-state index in [1.165, 1.54) is 48.2 Å². The Morgan fingerprint density at radius 3 is 2.11 bits per heavy atom. The number of aromatic nitrogens is 2. The fraction of sp³-hybridized carbons (Fsp3) is 0.414. The quantitative estimate of drug-likeness (QED) is 0.260. The van der Waals surface area contributed by atoms with Crippen molar-refractivity contribution in [2.45, 2.75) is 54.7 Å². The molecular weight excluding hydrogens is 668 g/mol. The number of aliphatic hydroxyl groups is 1. The molecule has 0 bridgehead atoms. The molecule has 1 aromatic heterocycles. The summed E-state index contributed by atoms with van der Waals surface area (Å²) < 4.78 is 133. The maximum atomic E-state index is 13.6. The minimum atomic E-state index is -5.99. The Labute approximate surface area is 263 Å². The first-order valence-corrected chi connectivity index (χ1v) is 15.6. The van der Waals surface area contributed by atoms with Gasteiger partial charge in [0.2, 0.25) is 5.95 Å². The van der Waals surface area contributed by atoms with E-state index in [4.69, 9.17) is 0 Å². The first kappa shape index (κ1) is 35.9. The second kappa shape index (κ2) is 13.7. The molecule has 0 spiro atoms. The molecule has 18 heteroatoms. The van der Waals surface area contributed by atoms with Crippen LogP contribution in [0, 0.1) is 0 Å². The number of nitrogens with one attached hydrogen (secondary N) is 1. The first-order chi connectivity index (χ1) is 21.9. The number of alkyl halides is 8. The highest BCUT2D eigenvalue weighted by atomic mass is 32.2. The van der Waals surface area contributed by atoms with Crippen molar-refractivity contribution in [3.05, 3.63) is 83.2 Å². The summed E-state index contributed by atoms with van der Waals surface area (Å²) in [4.78, 5) is 22.3. The van der Waals surface area contributed by atoms with E-state index in [1.807, 2.05) is 0 Å². The van der Waals surface area contributed by atoms with Gasteiger partial charge in [-0.15, -0.1) is 0 Å². The molecule has 1 saturated heterocycles. The number of amides is 1. The topological polar surface area (TPSA) is 122 Å². The SMILES string of the molecule is CCS(=O)(=O)c1ccc([C@H](CO)NC(=O)c2cnc(N3CC(c4ccc(C(F)(F)F)cc4)C[C@H]3COC(F)(F)C(F)(F)F)nc2)cc1. The lowest BCUT2D eigenvalue weighted by atomic mass is 9.95. The molecule has 1 amide bonds. The van der Waals surface area contributed by atoms with Crippen molar-refractivity contribution in [1.29, 1.82) is 0 Å². The third kappa shape index (κ3) is 8.34. The molecule has 0 saturated carbocycles. The van der Waals surface area contributed by atoms with Gasteiger partial charge in [-0.3, -0.25) is 4.79 Å². The third-order valence-electron chi connectivity index (χ3n) is 7.58. The molecule has 1 aliphatic rings. The van der Waals surface area contributed by atoms with Crippen LogP contribution in [0.5, 0.6) is 0 Å². The average Bonchev–Trinajstić information content (AvgIpc) is 3.46. The predicted molar refractivity (Wildman–Crippen MR) is 150 cm³/mol. The van der Waals surface area contributed by atoms with E-state index in [1.54, 1.807) is 0 Å². The van der Waals surface area contributed by atoms with Crippen LogP contribution in [-0.2, 0) is 20.8 Å². The van der Waals surface area contributed by atoms with Crippen molar-refractivity contribution >= 4 is 21.7 Å². The number of carbonyl (C=O) groups is 1. The van der Waals surface area contributed by atoms with Gasteiger partial charge in [0.15, 0.2) is 9.84 Å². The molecule has 1 fully saturated rings. The van der Waals surface area contributed by atoms with Gasteiger partial charge in [-0.2, -0.15) is 35.1 Å². The largest absolute Gasteiger partial charge is 0.482 e. The van der Waals surface area contributed by atoms with Crippen molar-refractivity contribution in [1.82, 2.24) is 15.3 Å². The van der Waals surface area contributed by atoms with E-state index in [2.05, 4.69) is 20.0 Å². The Balaban J connectivity index is 1.52. The fourth-order valence-corrected chi connectivity index (χ4v) is 5.81. The van der Waals surface area contributed by atoms with Gasteiger partial charge < -0.3 is 20.1 Å². The van der Waals surface area contributed by atoms with Gasteiger partial charge in [-0.1, -0.05) is 31.2 Å². The van der Waals surface area contributed by atoms with Crippen molar-refractivity contribution in [3.8, 4) is 0 Å². The highest BCUT2D eigenvalue weighted by Gasteiger charge is 2.60. The van der Waals surface area contributed by atoms with Crippen LogP contribution in [0.2, 0.25) is 0 Å². The number of sulfone groups is 1. The summed E-state index contributed by atoms with van der Waals surface area (Å²) in [5, 5.41) is 12.4. The number of rotatable bonds is 11. The molecule has 4 rings (SSSR count). The fourth-order valence-electron chi connectivity index (χ4n) is 4.93. The Bertz CT molecular complexity index is 1640. The predicted octanol–water partition coefficient (Wildman–Crippen LogP) is 5.29. The molecule has 0 radical (unpaired) electrons. The summed E-state index contributed by atoms with van der Waals surface area (Å²) in [5.41, 5.74) is -0.298. The van der Waals surface area contributed by atoms with Gasteiger partial charge in [0.25, 0.3) is 5.91 Å². The van der Waals surface area contributed by atoms with E-state index in [9.17, 15) is 53.4 Å². The van der Waals surface area contributed by atoms with Gasteiger partial charge in [0.1, 0.15) is 0 Å². The summed E-state index contributed by atoms with van der Waals surface area (Å²) in [7, 11) is -3.48. The Morgan fingerprint density at radius 2 is 1.60 bits per heavy atom. The second-order valence-corrected chi connectivity index (χ2v) is 12.9. The van der Waals surface area contributed by atoms with Crippen molar-refractivity contribution in [2.75, 3.05) is 30.4 Å². The minimum Gasteiger partial charge on any atom is -0.394 e. The molecule has 3 aromatic rings. The van der Waals surface area contributed by atoms with Crippen LogP contribution in [0.15, 0.2) is 65.8 Å². The normalized spacial score (nSPS) is 18.3. The van der Waals surface area contributed by atoms with Crippen molar-refractivity contribution in [3.63, 3.8) is 0 Å². The van der Waals surface area contributed by atoms with Gasteiger partial charge in [-0.05, 0) is 41.8 Å². The third-order valence-corrected chi connectivity index (χ3v) is 9.33. The average molecular weight is 697 g/mol. The lowest BCUT2D eigenvalue weighted by Crippen LogP contribution is -2.43. The molecule has 2 N–H and O–H groups in total. The minimum absolute atomic E-state index is 0.0593. The molecule has 9 nitrogen and oxygen atoms in total. The smallest absolute Gasteiger partial charge is 0.394 e. The highest BCUT2D eigenvalue weighted by molar-refractivity contribution is 7.91. The zero-order valence-electron chi connectivity index (χ0n) is 24.4. The van der Waals surface area contributed by atoms with Crippen LogP contribution in [0.4, 0.5) is 41.1 Å². The summed E-state index contributed by atoms with van der Waals surface area (Å²) in [6, 6.07) is 7.41. The van der Waals surface area contributed by atoms with E-state index < -0.39 is 71.0 Å². The number of hydrogen-bond acceptors (Lipinski definition) is 8. The molecule has 1 unspecified atom stereocenters. The molecule has 1 aliphatic heterocycles. The second-order valence-electron chi connectivity index (χ2n) is 10.6. The zero-order chi connectivity index (χ0) is 34.8. The van der Waals surface area contributed by atoms with E-state index >= 15 is 0 Å². The number of nitrogens with zero attached hydrogens (tertiary/aromatic N) is 3. The number of anilines is 1. The van der Waals surface area contributed by atoms with Gasteiger partial charge in [0.05, 0.1) is 47.1 Å². The maximum Gasteiger partial charge on any atom is 0.482 e. The van der Waals surface area contributed by atoms with Crippen molar-refractivity contribution < 1.29 is 58.2 Å². The van der Waals surface area contributed by atoms with Crippen LogP contribution < -0.4 is 10.2 Å². The van der Waals surface area contributed by atoms with Crippen LogP contribution >= 0.6 is 0 Å². The molecule has 47 heavy (non-hydrogen) atoms. The Morgan fingerprint density at radius 1 is 1.00 bits per heavy atom. The molecule has 256 valence electrons. The standard InChI is InChI=1S/C29H28F8N4O5S/c1-2-47(44,45)23-9-5-18(6-10-23)24(15-42)40-25(43)20-12-38-26(39-13-20)41-14-19(17-3-7-21(8-4-17)27(30,31)32)11-22(41)16-46-29(36,37)28(33,34)35/h3-10,12-13,19,22,24,42H,2,11,14-16H2,1H3,(H,40,43)/t19?,22-,24-/m0/s1. The van der Waals surface area contributed by atoms with Crippen LogP contribution in [0.1, 0.15) is 52.4 Å². The summed E-state index contributed by atoms with van der Waals surface area (Å²) in [6.45, 7) is -0.298. The maximum absolute atomic E-state index is 13.6. The molecule has 0 aliphatic carbocycles. The number of aliphatic hydroxyl groups excluding tert-OH is 1. The monoisotopic (exact) mass is 696 g/mol. The lowest BCUT2D eigenvalue weighted by Gasteiger charge is -2.27. The molecule has 2 aromatic carbocycles. The summed E-state index contributed by atoms with van der Waals surface area (Å²) in [6.07, 6.45) is -14.1. The van der Waals surface area contributed by atoms with Gasteiger partial charge >= 0.3 is 18.5 Å². The number of halogens is 8. The van der Waals surface area contributed by atoms with Crippen molar-refractivity contribution in [2.24, 2.45) is 0 Å². The first-order valence-electron chi connectivity index (χ1n) is 13.9. The van der Waals surface area contributed by atoms with Crippen LogP contribution in [0.3, 0.4) is 0 Å². The lowest BCUT2D eigenvalue weighted by molar-refractivity contribution is -0.391. The highest BCUT2D eigenvalue weighted by Crippen LogP contribution is 2.40. The van der Waals surface area contributed by atoms with E-state index in [0.29, 0.717) is 11.1 Å². The molecule has 2 heterocycles.